The van der Waals surface area contributed by atoms with Crippen LogP contribution in [-0.2, 0) is 4.79 Å². The lowest BCUT2D eigenvalue weighted by Crippen LogP contribution is -2.46. The van der Waals surface area contributed by atoms with Crippen LogP contribution in [0.3, 0.4) is 0 Å². The van der Waals surface area contributed by atoms with E-state index in [2.05, 4.69) is 34.2 Å². The first-order valence-corrected chi connectivity index (χ1v) is 14.1. The Morgan fingerprint density at radius 1 is 1.11 bits per heavy atom. The first-order valence-electron chi connectivity index (χ1n) is 14.1. The Labute approximate surface area is 226 Å². The number of phenolic OH excluding ortho intramolecular Hbond substituents is 1. The predicted molar refractivity (Wildman–Crippen MR) is 151 cm³/mol. The first-order chi connectivity index (χ1) is 18.5. The molecule has 1 saturated carbocycles. The van der Waals surface area contributed by atoms with Gasteiger partial charge in [0.1, 0.15) is 5.75 Å². The molecule has 0 spiro atoms. The molecule has 2 saturated heterocycles. The molecule has 0 radical (unpaired) electrons. The molecule has 38 heavy (non-hydrogen) atoms. The summed E-state index contributed by atoms with van der Waals surface area (Å²) in [5, 5.41) is 12.9. The number of nitrogens with zero attached hydrogens (tertiary/aromatic N) is 3. The number of hydrogen-bond acceptors (Lipinski definition) is 5. The van der Waals surface area contributed by atoms with Gasteiger partial charge in [0.2, 0.25) is 5.91 Å². The molecule has 7 heteroatoms. The quantitative estimate of drug-likeness (QED) is 0.519. The van der Waals surface area contributed by atoms with Gasteiger partial charge in [-0.3, -0.25) is 14.5 Å². The Morgan fingerprint density at radius 2 is 1.89 bits per heavy atom. The maximum Gasteiger partial charge on any atom is 0.251 e. The van der Waals surface area contributed by atoms with Gasteiger partial charge in [0.25, 0.3) is 5.91 Å². The molecule has 0 aromatic heterocycles. The molecule has 1 aliphatic carbocycles. The van der Waals surface area contributed by atoms with E-state index in [-0.39, 0.29) is 23.0 Å². The lowest BCUT2D eigenvalue weighted by Gasteiger charge is -2.36. The number of fused-ring (bicyclic) bond motifs is 1. The van der Waals surface area contributed by atoms with Crippen LogP contribution >= 0.6 is 0 Å². The number of anilines is 1. The van der Waals surface area contributed by atoms with Crippen molar-refractivity contribution in [3.05, 3.63) is 65.7 Å². The van der Waals surface area contributed by atoms with Crippen molar-refractivity contribution in [2.24, 2.45) is 11.3 Å². The van der Waals surface area contributed by atoms with Gasteiger partial charge in [-0.05, 0) is 79.8 Å². The van der Waals surface area contributed by atoms with Crippen molar-refractivity contribution in [2.75, 3.05) is 57.3 Å². The number of phenols is 1. The van der Waals surface area contributed by atoms with Crippen LogP contribution in [-0.4, -0.2) is 79.1 Å². The van der Waals surface area contributed by atoms with Crippen molar-refractivity contribution in [3.8, 4) is 5.75 Å². The summed E-state index contributed by atoms with van der Waals surface area (Å²) in [5.41, 5.74) is 2.60. The molecular weight excluding hydrogens is 476 g/mol. The van der Waals surface area contributed by atoms with E-state index in [1.807, 2.05) is 23.1 Å². The lowest BCUT2D eigenvalue weighted by molar-refractivity contribution is -0.125. The van der Waals surface area contributed by atoms with Crippen LogP contribution in [0.25, 0.3) is 6.08 Å². The van der Waals surface area contributed by atoms with E-state index < -0.39 is 0 Å². The zero-order chi connectivity index (χ0) is 26.5. The van der Waals surface area contributed by atoms with Crippen molar-refractivity contribution < 1.29 is 14.7 Å². The predicted octanol–water partition coefficient (Wildman–Crippen LogP) is 4.00. The number of amides is 2. The highest BCUT2D eigenvalue weighted by Gasteiger charge is 2.50. The zero-order valence-corrected chi connectivity index (χ0v) is 22.4. The second-order valence-electron chi connectivity index (χ2n) is 11.2. The van der Waals surface area contributed by atoms with E-state index >= 15 is 0 Å². The number of benzene rings is 2. The topological polar surface area (TPSA) is 76.1 Å². The molecule has 2 atom stereocenters. The second-order valence-corrected chi connectivity index (χ2v) is 11.2. The minimum absolute atomic E-state index is 0.0143. The molecule has 2 aliphatic heterocycles. The van der Waals surface area contributed by atoms with Gasteiger partial charge in [-0.1, -0.05) is 25.5 Å². The Morgan fingerprint density at radius 3 is 2.63 bits per heavy atom. The van der Waals surface area contributed by atoms with Gasteiger partial charge in [0.05, 0.1) is 0 Å². The van der Waals surface area contributed by atoms with Crippen molar-refractivity contribution in [3.63, 3.8) is 0 Å². The summed E-state index contributed by atoms with van der Waals surface area (Å²) in [4.78, 5) is 32.8. The van der Waals surface area contributed by atoms with Gasteiger partial charge in [0, 0.05) is 68.6 Å². The van der Waals surface area contributed by atoms with Crippen molar-refractivity contribution >= 4 is 23.6 Å². The summed E-state index contributed by atoms with van der Waals surface area (Å²) < 4.78 is 0. The summed E-state index contributed by atoms with van der Waals surface area (Å²) in [5.74, 6) is 0.539. The normalized spacial score (nSPS) is 23.7. The largest absolute Gasteiger partial charge is 0.508 e. The van der Waals surface area contributed by atoms with Gasteiger partial charge >= 0.3 is 0 Å². The molecule has 202 valence electrons. The van der Waals surface area contributed by atoms with Crippen molar-refractivity contribution in [2.45, 2.75) is 32.6 Å². The third-order valence-electron chi connectivity index (χ3n) is 8.65. The number of rotatable bonds is 8. The Kier molecular flexibility index (Phi) is 8.03. The van der Waals surface area contributed by atoms with Crippen molar-refractivity contribution in [1.82, 2.24) is 15.1 Å². The fraction of sp³-hybridized carbons (Fsp3) is 0.484. The van der Waals surface area contributed by atoms with Gasteiger partial charge < -0.3 is 20.2 Å². The smallest absolute Gasteiger partial charge is 0.251 e. The first kappa shape index (κ1) is 26.3. The monoisotopic (exact) mass is 516 g/mol. The van der Waals surface area contributed by atoms with E-state index in [0.29, 0.717) is 24.6 Å². The summed E-state index contributed by atoms with van der Waals surface area (Å²) in [6.07, 6.45) is 7.79. The molecule has 2 aromatic carbocycles. The highest BCUT2D eigenvalue weighted by molar-refractivity contribution is 5.94. The Hall–Kier alpha value is -3.32. The molecule has 2 heterocycles. The van der Waals surface area contributed by atoms with Crippen LogP contribution < -0.4 is 10.2 Å². The van der Waals surface area contributed by atoms with E-state index in [0.717, 1.165) is 64.1 Å². The van der Waals surface area contributed by atoms with Crippen LogP contribution in [0.15, 0.2) is 54.6 Å². The van der Waals surface area contributed by atoms with Gasteiger partial charge in [0.15, 0.2) is 0 Å². The number of piperazine rings is 1. The van der Waals surface area contributed by atoms with Crippen LogP contribution in [0.1, 0.15) is 48.5 Å². The fourth-order valence-electron chi connectivity index (χ4n) is 6.50. The average molecular weight is 517 g/mol. The van der Waals surface area contributed by atoms with E-state index in [4.69, 9.17) is 0 Å². The summed E-state index contributed by atoms with van der Waals surface area (Å²) in [6.45, 7) is 9.61. The SMILES string of the molecule is CCCN1CCN(c2ccc(C(=O)NC[C@]34CCC[C@H]3CN(C(=O)/C=C/c3cccc(O)c3)C4)cc2)CC1. The molecule has 3 aliphatic rings. The van der Waals surface area contributed by atoms with E-state index in [1.54, 1.807) is 30.4 Å². The molecule has 0 unspecified atom stereocenters. The summed E-state index contributed by atoms with van der Waals surface area (Å²) in [7, 11) is 0. The van der Waals surface area contributed by atoms with Crippen LogP contribution in [0.4, 0.5) is 5.69 Å². The number of aromatic hydroxyl groups is 1. The van der Waals surface area contributed by atoms with Crippen molar-refractivity contribution in [1.29, 1.82) is 0 Å². The van der Waals surface area contributed by atoms with E-state index in [9.17, 15) is 14.7 Å². The maximum absolute atomic E-state index is 13.0. The third kappa shape index (κ3) is 5.88. The summed E-state index contributed by atoms with van der Waals surface area (Å²) >= 11 is 0. The minimum atomic E-state index is -0.0533. The van der Waals surface area contributed by atoms with Crippen LogP contribution in [0, 0.1) is 11.3 Å². The highest BCUT2D eigenvalue weighted by atomic mass is 16.3. The molecule has 2 aromatic rings. The number of likely N-dealkylation sites (tertiary alicyclic amines) is 1. The second kappa shape index (κ2) is 11.6. The highest BCUT2D eigenvalue weighted by Crippen LogP contribution is 2.48. The van der Waals surface area contributed by atoms with Gasteiger partial charge in [-0.15, -0.1) is 0 Å². The Bertz CT molecular complexity index is 1160. The average Bonchev–Trinajstić information content (AvgIpc) is 3.49. The molecule has 2 amide bonds. The molecule has 5 rings (SSSR count). The molecular formula is C31H40N4O3. The number of nitrogens with one attached hydrogen (secondary N) is 1. The van der Waals surface area contributed by atoms with Crippen LogP contribution in [0.5, 0.6) is 5.75 Å². The number of carbonyl (C=O) groups is 2. The molecule has 0 bridgehead atoms. The fourth-order valence-corrected chi connectivity index (χ4v) is 6.50. The van der Waals surface area contributed by atoms with Gasteiger partial charge in [-0.2, -0.15) is 0 Å². The number of carbonyl (C=O) groups excluding carboxylic acids is 2. The Balaban J connectivity index is 1.15. The minimum Gasteiger partial charge on any atom is -0.508 e. The molecule has 7 nitrogen and oxygen atoms in total. The molecule has 3 fully saturated rings. The molecule has 2 N–H and O–H groups in total. The van der Waals surface area contributed by atoms with E-state index in [1.165, 1.54) is 12.1 Å². The maximum atomic E-state index is 13.0. The lowest BCUT2D eigenvalue weighted by atomic mass is 9.80. The third-order valence-corrected chi connectivity index (χ3v) is 8.65. The summed E-state index contributed by atoms with van der Waals surface area (Å²) in [6, 6.07) is 14.9. The zero-order valence-electron chi connectivity index (χ0n) is 22.4. The van der Waals surface area contributed by atoms with Gasteiger partial charge in [-0.25, -0.2) is 0 Å². The number of hydrogen-bond donors (Lipinski definition) is 2. The standard InChI is InChI=1S/C31H40N4O3/c1-2-15-33-16-18-34(19-17-33)27-11-9-25(10-12-27)30(38)32-22-31-14-4-6-26(31)21-35(23-31)29(37)13-8-24-5-3-7-28(36)20-24/h3,5,7-13,20,26,36H,2,4,6,14-19,21-23H2,1H3,(H,32,38)/b13-8+/t26-,31-/m0/s1. The van der Waals surface area contributed by atoms with Crippen LogP contribution in [0.2, 0.25) is 0 Å².